The molecule has 2 aromatic rings. The van der Waals surface area contributed by atoms with E-state index in [1.54, 1.807) is 7.11 Å². The number of nitrogens with one attached hydrogen (secondary N) is 1. The van der Waals surface area contributed by atoms with Gasteiger partial charge in [-0.15, -0.1) is 0 Å². The van der Waals surface area contributed by atoms with Gasteiger partial charge in [0.2, 0.25) is 11.9 Å². The Kier molecular flexibility index (Phi) is 4.92. The molecule has 0 saturated carbocycles. The SMILES string of the molecule is CCNc1nc(OC)nc(N(CC)c2ccccc2C)n1. The van der Waals surface area contributed by atoms with Crippen molar-refractivity contribution in [2.75, 3.05) is 30.4 Å². The number of anilines is 3. The van der Waals surface area contributed by atoms with Gasteiger partial charge in [0.15, 0.2) is 0 Å². The van der Waals surface area contributed by atoms with Crippen LogP contribution in [0.1, 0.15) is 19.4 Å². The van der Waals surface area contributed by atoms with Crippen LogP contribution in [0.25, 0.3) is 0 Å². The zero-order chi connectivity index (χ0) is 15.2. The quantitative estimate of drug-likeness (QED) is 0.881. The van der Waals surface area contributed by atoms with E-state index in [0.717, 1.165) is 18.8 Å². The van der Waals surface area contributed by atoms with Crippen LogP contribution in [0.5, 0.6) is 6.01 Å². The van der Waals surface area contributed by atoms with Gasteiger partial charge in [-0.1, -0.05) is 18.2 Å². The molecule has 0 saturated heterocycles. The lowest BCUT2D eigenvalue weighted by molar-refractivity contribution is 0.379. The van der Waals surface area contributed by atoms with E-state index in [4.69, 9.17) is 4.74 Å². The van der Waals surface area contributed by atoms with Crippen molar-refractivity contribution in [3.63, 3.8) is 0 Å². The minimum atomic E-state index is 0.308. The average molecular weight is 287 g/mol. The Labute approximate surface area is 125 Å². The van der Waals surface area contributed by atoms with Crippen molar-refractivity contribution in [3.8, 4) is 6.01 Å². The van der Waals surface area contributed by atoms with Crippen molar-refractivity contribution in [2.24, 2.45) is 0 Å². The van der Waals surface area contributed by atoms with E-state index in [1.165, 1.54) is 5.56 Å². The van der Waals surface area contributed by atoms with E-state index < -0.39 is 0 Å². The summed E-state index contributed by atoms with van der Waals surface area (Å²) >= 11 is 0. The summed E-state index contributed by atoms with van der Waals surface area (Å²) in [4.78, 5) is 15.1. The molecule has 0 radical (unpaired) electrons. The Morgan fingerprint density at radius 2 is 1.90 bits per heavy atom. The van der Waals surface area contributed by atoms with Crippen molar-refractivity contribution >= 4 is 17.6 Å². The molecule has 1 N–H and O–H groups in total. The summed E-state index contributed by atoms with van der Waals surface area (Å²) in [6.45, 7) is 7.62. The molecule has 0 unspecified atom stereocenters. The summed E-state index contributed by atoms with van der Waals surface area (Å²) in [5, 5.41) is 3.10. The fourth-order valence-corrected chi connectivity index (χ4v) is 2.08. The van der Waals surface area contributed by atoms with Crippen molar-refractivity contribution in [3.05, 3.63) is 29.8 Å². The van der Waals surface area contributed by atoms with Gasteiger partial charge < -0.3 is 15.0 Å². The van der Waals surface area contributed by atoms with Gasteiger partial charge in [-0.2, -0.15) is 15.0 Å². The Morgan fingerprint density at radius 3 is 2.52 bits per heavy atom. The Balaban J connectivity index is 2.46. The number of hydrogen-bond donors (Lipinski definition) is 1. The molecule has 0 aliphatic heterocycles. The minimum absolute atomic E-state index is 0.308. The zero-order valence-electron chi connectivity index (χ0n) is 12.9. The third kappa shape index (κ3) is 3.39. The molecule has 1 heterocycles. The van der Waals surface area contributed by atoms with Gasteiger partial charge in [-0.3, -0.25) is 0 Å². The van der Waals surface area contributed by atoms with Crippen LogP contribution in [0.4, 0.5) is 17.6 Å². The summed E-state index contributed by atoms with van der Waals surface area (Å²) in [6, 6.07) is 8.46. The maximum absolute atomic E-state index is 5.17. The Bertz CT molecular complexity index is 602. The molecule has 6 nitrogen and oxygen atoms in total. The first-order chi connectivity index (χ1) is 10.2. The second-order valence-electron chi connectivity index (χ2n) is 4.51. The molecule has 112 valence electrons. The molecule has 2 rings (SSSR count). The van der Waals surface area contributed by atoms with Gasteiger partial charge in [0.1, 0.15) is 0 Å². The van der Waals surface area contributed by atoms with Gasteiger partial charge >= 0.3 is 6.01 Å². The second kappa shape index (κ2) is 6.88. The first kappa shape index (κ1) is 15.0. The summed E-state index contributed by atoms with van der Waals surface area (Å²) in [7, 11) is 1.55. The van der Waals surface area contributed by atoms with Crippen LogP contribution >= 0.6 is 0 Å². The molecule has 0 amide bonds. The van der Waals surface area contributed by atoms with E-state index in [0.29, 0.717) is 17.9 Å². The van der Waals surface area contributed by atoms with Crippen molar-refractivity contribution in [2.45, 2.75) is 20.8 Å². The fraction of sp³-hybridized carbons (Fsp3) is 0.400. The van der Waals surface area contributed by atoms with Crippen LogP contribution in [0.15, 0.2) is 24.3 Å². The van der Waals surface area contributed by atoms with E-state index in [1.807, 2.05) is 24.0 Å². The van der Waals surface area contributed by atoms with Gasteiger partial charge in [0, 0.05) is 18.8 Å². The van der Waals surface area contributed by atoms with E-state index in [-0.39, 0.29) is 0 Å². The van der Waals surface area contributed by atoms with E-state index in [2.05, 4.69) is 46.2 Å². The number of benzene rings is 1. The normalized spacial score (nSPS) is 10.3. The highest BCUT2D eigenvalue weighted by molar-refractivity contribution is 5.62. The lowest BCUT2D eigenvalue weighted by Gasteiger charge is -2.23. The number of para-hydroxylation sites is 1. The summed E-state index contributed by atoms with van der Waals surface area (Å²) in [6.07, 6.45) is 0. The highest BCUT2D eigenvalue weighted by atomic mass is 16.5. The van der Waals surface area contributed by atoms with Gasteiger partial charge in [0.25, 0.3) is 0 Å². The van der Waals surface area contributed by atoms with Crippen molar-refractivity contribution in [1.82, 2.24) is 15.0 Å². The molecule has 0 fully saturated rings. The van der Waals surface area contributed by atoms with Crippen LogP contribution in [0.3, 0.4) is 0 Å². The molecule has 0 aliphatic carbocycles. The smallest absolute Gasteiger partial charge is 0.322 e. The standard InChI is InChI=1S/C15H21N5O/c1-5-16-13-17-14(19-15(18-13)21-4)20(6-2)12-10-8-7-9-11(12)3/h7-10H,5-6H2,1-4H3,(H,16,17,18,19). The van der Waals surface area contributed by atoms with Crippen molar-refractivity contribution in [1.29, 1.82) is 0 Å². The summed E-state index contributed by atoms with van der Waals surface area (Å²) in [5.41, 5.74) is 2.25. The van der Waals surface area contributed by atoms with E-state index >= 15 is 0 Å². The summed E-state index contributed by atoms with van der Waals surface area (Å²) in [5.74, 6) is 1.10. The van der Waals surface area contributed by atoms with E-state index in [9.17, 15) is 0 Å². The number of aryl methyl sites for hydroxylation is 1. The molecule has 21 heavy (non-hydrogen) atoms. The molecule has 0 bridgehead atoms. The zero-order valence-corrected chi connectivity index (χ0v) is 12.9. The summed E-state index contributed by atoms with van der Waals surface area (Å²) < 4.78 is 5.17. The molecule has 0 aliphatic rings. The molecule has 6 heteroatoms. The molecule has 1 aromatic carbocycles. The molecule has 1 aromatic heterocycles. The topological polar surface area (TPSA) is 63.2 Å². The highest BCUT2D eigenvalue weighted by Crippen LogP contribution is 2.26. The monoisotopic (exact) mass is 287 g/mol. The molecular formula is C15H21N5O. The van der Waals surface area contributed by atoms with Gasteiger partial charge in [-0.25, -0.2) is 0 Å². The Hall–Kier alpha value is -2.37. The predicted octanol–water partition coefficient (Wildman–Crippen LogP) is 2.78. The predicted molar refractivity (Wildman–Crippen MR) is 84.4 cm³/mol. The maximum Gasteiger partial charge on any atom is 0.322 e. The third-order valence-electron chi connectivity index (χ3n) is 3.08. The fourth-order valence-electron chi connectivity index (χ4n) is 2.08. The van der Waals surface area contributed by atoms with Crippen molar-refractivity contribution < 1.29 is 4.74 Å². The number of rotatable bonds is 6. The lowest BCUT2D eigenvalue weighted by Crippen LogP contribution is -2.21. The van der Waals surface area contributed by atoms with Gasteiger partial charge in [0.05, 0.1) is 7.11 Å². The van der Waals surface area contributed by atoms with Crippen LogP contribution in [-0.2, 0) is 0 Å². The first-order valence-corrected chi connectivity index (χ1v) is 7.06. The van der Waals surface area contributed by atoms with Gasteiger partial charge in [-0.05, 0) is 32.4 Å². The van der Waals surface area contributed by atoms with Crippen LogP contribution in [0.2, 0.25) is 0 Å². The van der Waals surface area contributed by atoms with Crippen LogP contribution < -0.4 is 15.0 Å². The molecule has 0 atom stereocenters. The van der Waals surface area contributed by atoms with Crippen LogP contribution in [0, 0.1) is 6.92 Å². The average Bonchev–Trinajstić information content (AvgIpc) is 2.50. The van der Waals surface area contributed by atoms with Crippen LogP contribution in [-0.4, -0.2) is 35.2 Å². The second-order valence-corrected chi connectivity index (χ2v) is 4.51. The first-order valence-electron chi connectivity index (χ1n) is 7.06. The number of aromatic nitrogens is 3. The third-order valence-corrected chi connectivity index (χ3v) is 3.08. The number of methoxy groups -OCH3 is 1. The highest BCUT2D eigenvalue weighted by Gasteiger charge is 2.15. The number of hydrogen-bond acceptors (Lipinski definition) is 6. The largest absolute Gasteiger partial charge is 0.467 e. The minimum Gasteiger partial charge on any atom is -0.467 e. The Morgan fingerprint density at radius 1 is 1.14 bits per heavy atom. The molecular weight excluding hydrogens is 266 g/mol. The maximum atomic E-state index is 5.17. The number of ether oxygens (including phenoxy) is 1. The number of nitrogens with zero attached hydrogens (tertiary/aromatic N) is 4. The molecule has 0 spiro atoms. The lowest BCUT2D eigenvalue weighted by atomic mass is 10.2.